The van der Waals surface area contributed by atoms with E-state index in [4.69, 9.17) is 9.84 Å². The van der Waals surface area contributed by atoms with E-state index in [2.05, 4.69) is 10.3 Å². The number of hydrogen-bond acceptors (Lipinski definition) is 4. The van der Waals surface area contributed by atoms with Crippen LogP contribution in [0.2, 0.25) is 0 Å². The van der Waals surface area contributed by atoms with E-state index in [0.29, 0.717) is 24.3 Å². The number of amides is 1. The lowest BCUT2D eigenvalue weighted by Gasteiger charge is -2.23. The van der Waals surface area contributed by atoms with Gasteiger partial charge in [0.2, 0.25) is 0 Å². The molecule has 0 atom stereocenters. The summed E-state index contributed by atoms with van der Waals surface area (Å²) in [4.78, 5) is 26.7. The van der Waals surface area contributed by atoms with E-state index in [1.807, 2.05) is 0 Å². The quantitative estimate of drug-likeness (QED) is 0.804. The highest BCUT2D eigenvalue weighted by molar-refractivity contribution is 5.98. The van der Waals surface area contributed by atoms with Gasteiger partial charge in [0.1, 0.15) is 0 Å². The van der Waals surface area contributed by atoms with Gasteiger partial charge in [0.05, 0.1) is 0 Å². The molecule has 1 aromatic rings. The Kier molecular flexibility index (Phi) is 4.84. The first-order valence-electron chi connectivity index (χ1n) is 6.40. The average Bonchev–Trinajstić information content (AvgIpc) is 2.46. The molecule has 1 aliphatic rings. The number of carbonyl (C=O) groups excluding carboxylic acids is 1. The van der Waals surface area contributed by atoms with E-state index < -0.39 is 5.97 Å². The van der Waals surface area contributed by atoms with E-state index in [0.717, 1.165) is 18.9 Å². The Morgan fingerprint density at radius 2 is 2.15 bits per heavy atom. The molecule has 6 heteroatoms. The van der Waals surface area contributed by atoms with Crippen LogP contribution in [0, 0.1) is 0 Å². The third kappa shape index (κ3) is 3.89. The molecule has 106 valence electrons. The Bertz CT molecular complexity index is 522. The van der Waals surface area contributed by atoms with Crippen LogP contribution in [-0.4, -0.2) is 41.2 Å². The fourth-order valence-corrected chi connectivity index (χ4v) is 2.01. The normalized spacial score (nSPS) is 16.2. The highest BCUT2D eigenvalue weighted by atomic mass is 16.5. The van der Waals surface area contributed by atoms with Gasteiger partial charge in [-0.1, -0.05) is 0 Å². The number of hydrogen-bond donors (Lipinski definition) is 2. The fraction of sp³-hybridized carbons (Fsp3) is 0.357. The monoisotopic (exact) mass is 276 g/mol. The molecule has 0 spiro atoms. The number of nitrogens with one attached hydrogen (secondary N) is 1. The summed E-state index contributed by atoms with van der Waals surface area (Å²) in [5.74, 6) is -1.28. The zero-order chi connectivity index (χ0) is 14.4. The second kappa shape index (κ2) is 6.81. The minimum Gasteiger partial charge on any atom is -0.478 e. The van der Waals surface area contributed by atoms with Crippen molar-refractivity contribution < 1.29 is 19.4 Å². The van der Waals surface area contributed by atoms with Crippen molar-refractivity contribution in [1.29, 1.82) is 0 Å². The van der Waals surface area contributed by atoms with Crippen molar-refractivity contribution in [3.63, 3.8) is 0 Å². The summed E-state index contributed by atoms with van der Waals surface area (Å²) in [5, 5.41) is 11.6. The van der Waals surface area contributed by atoms with E-state index >= 15 is 0 Å². The number of ether oxygens (including phenoxy) is 1. The van der Waals surface area contributed by atoms with Gasteiger partial charge < -0.3 is 15.2 Å². The molecule has 0 saturated carbocycles. The van der Waals surface area contributed by atoms with Crippen LogP contribution in [0.15, 0.2) is 24.5 Å². The number of aromatic nitrogens is 1. The maximum absolute atomic E-state index is 12.2. The van der Waals surface area contributed by atoms with Gasteiger partial charge in [0.25, 0.3) is 5.91 Å². The predicted molar refractivity (Wildman–Crippen MR) is 72.2 cm³/mol. The second-order valence-corrected chi connectivity index (χ2v) is 4.49. The number of aliphatic carboxylic acids is 1. The minimum absolute atomic E-state index is 0.0979. The van der Waals surface area contributed by atoms with Crippen molar-refractivity contribution in [1.82, 2.24) is 10.3 Å². The molecule has 1 aliphatic heterocycles. The first-order chi connectivity index (χ1) is 9.66. The van der Waals surface area contributed by atoms with Gasteiger partial charge >= 0.3 is 5.97 Å². The summed E-state index contributed by atoms with van der Waals surface area (Å²) < 4.78 is 5.24. The van der Waals surface area contributed by atoms with Gasteiger partial charge in [-0.2, -0.15) is 0 Å². The summed E-state index contributed by atoms with van der Waals surface area (Å²) in [5.41, 5.74) is 0.906. The zero-order valence-electron chi connectivity index (χ0n) is 10.9. The SMILES string of the molecule is O=C(O)C=Cc1cnccc1C(=O)NC1CCOCC1. The first-order valence-corrected chi connectivity index (χ1v) is 6.40. The smallest absolute Gasteiger partial charge is 0.328 e. The van der Waals surface area contributed by atoms with Crippen molar-refractivity contribution in [3.8, 4) is 0 Å². The molecular weight excluding hydrogens is 260 g/mol. The van der Waals surface area contributed by atoms with Crippen molar-refractivity contribution in [2.75, 3.05) is 13.2 Å². The Balaban J connectivity index is 2.10. The molecule has 2 rings (SSSR count). The topological polar surface area (TPSA) is 88.5 Å². The van der Waals surface area contributed by atoms with Crippen LogP contribution in [0.1, 0.15) is 28.8 Å². The van der Waals surface area contributed by atoms with E-state index in [1.54, 1.807) is 6.07 Å². The Hall–Kier alpha value is -2.21. The number of carbonyl (C=O) groups is 2. The second-order valence-electron chi connectivity index (χ2n) is 4.49. The molecular formula is C14H16N2O4. The molecule has 0 unspecified atom stereocenters. The Morgan fingerprint density at radius 1 is 1.40 bits per heavy atom. The van der Waals surface area contributed by atoms with Gasteiger partial charge in [-0.05, 0) is 25.0 Å². The molecule has 1 aromatic heterocycles. The van der Waals surface area contributed by atoms with Crippen LogP contribution in [0.3, 0.4) is 0 Å². The average molecular weight is 276 g/mol. The lowest BCUT2D eigenvalue weighted by atomic mass is 10.1. The number of pyridine rings is 1. The highest BCUT2D eigenvalue weighted by Gasteiger charge is 2.18. The maximum Gasteiger partial charge on any atom is 0.328 e. The van der Waals surface area contributed by atoms with Crippen molar-refractivity contribution in [2.24, 2.45) is 0 Å². The van der Waals surface area contributed by atoms with E-state index in [9.17, 15) is 9.59 Å². The van der Waals surface area contributed by atoms with Gasteiger partial charge in [-0.25, -0.2) is 4.79 Å². The Morgan fingerprint density at radius 3 is 2.85 bits per heavy atom. The molecule has 2 N–H and O–H groups in total. The number of nitrogens with zero attached hydrogens (tertiary/aromatic N) is 1. The zero-order valence-corrected chi connectivity index (χ0v) is 10.9. The van der Waals surface area contributed by atoms with Crippen LogP contribution in [0.25, 0.3) is 6.08 Å². The number of rotatable bonds is 4. The standard InChI is InChI=1S/C14H16N2O4/c17-13(18)2-1-10-9-15-6-3-12(10)14(19)16-11-4-7-20-8-5-11/h1-3,6,9,11H,4-5,7-8H2,(H,16,19)(H,17,18). The summed E-state index contributed by atoms with van der Waals surface area (Å²) >= 11 is 0. The molecule has 0 radical (unpaired) electrons. The van der Waals surface area contributed by atoms with Crippen molar-refractivity contribution in [3.05, 3.63) is 35.7 Å². The molecule has 1 amide bonds. The highest BCUT2D eigenvalue weighted by Crippen LogP contribution is 2.12. The third-order valence-corrected chi connectivity index (χ3v) is 3.06. The lowest BCUT2D eigenvalue weighted by molar-refractivity contribution is -0.131. The van der Waals surface area contributed by atoms with Crippen LogP contribution in [0.5, 0.6) is 0 Å². The summed E-state index contributed by atoms with van der Waals surface area (Å²) in [6, 6.07) is 1.68. The fourth-order valence-electron chi connectivity index (χ4n) is 2.01. The third-order valence-electron chi connectivity index (χ3n) is 3.06. The molecule has 0 aromatic carbocycles. The van der Waals surface area contributed by atoms with Gasteiger partial charge in [-0.15, -0.1) is 0 Å². The molecule has 0 aliphatic carbocycles. The lowest BCUT2D eigenvalue weighted by Crippen LogP contribution is -2.39. The van der Waals surface area contributed by atoms with Crippen LogP contribution in [0.4, 0.5) is 0 Å². The van der Waals surface area contributed by atoms with Crippen LogP contribution < -0.4 is 5.32 Å². The van der Waals surface area contributed by atoms with Crippen molar-refractivity contribution in [2.45, 2.75) is 18.9 Å². The molecule has 20 heavy (non-hydrogen) atoms. The predicted octanol–water partition coefficient (Wildman–Crippen LogP) is 1.09. The Labute approximate surface area is 116 Å². The van der Waals surface area contributed by atoms with Gasteiger partial charge in [0, 0.05) is 48.9 Å². The summed E-state index contributed by atoms with van der Waals surface area (Å²) in [7, 11) is 0. The number of carboxylic acid groups (broad SMARTS) is 1. The molecule has 0 bridgehead atoms. The molecule has 1 saturated heterocycles. The van der Waals surface area contributed by atoms with Gasteiger partial charge in [0.15, 0.2) is 0 Å². The van der Waals surface area contributed by atoms with Crippen LogP contribution >= 0.6 is 0 Å². The maximum atomic E-state index is 12.2. The first kappa shape index (κ1) is 14.2. The molecule has 1 fully saturated rings. The van der Waals surface area contributed by atoms with E-state index in [-0.39, 0.29) is 11.9 Å². The van der Waals surface area contributed by atoms with E-state index in [1.165, 1.54) is 18.5 Å². The van der Waals surface area contributed by atoms with Crippen molar-refractivity contribution >= 4 is 18.0 Å². The molecule has 6 nitrogen and oxygen atoms in total. The molecule has 2 heterocycles. The summed E-state index contributed by atoms with van der Waals surface area (Å²) in [6.45, 7) is 1.29. The van der Waals surface area contributed by atoms with Gasteiger partial charge in [-0.3, -0.25) is 9.78 Å². The summed E-state index contributed by atoms with van der Waals surface area (Å²) in [6.07, 6.45) is 6.92. The van der Waals surface area contributed by atoms with Crippen LogP contribution in [-0.2, 0) is 9.53 Å². The largest absolute Gasteiger partial charge is 0.478 e. The number of carboxylic acids is 1. The minimum atomic E-state index is -1.07.